The van der Waals surface area contributed by atoms with E-state index < -0.39 is 15.9 Å². The molecule has 4 rings (SSSR count). The minimum Gasteiger partial charge on any atom is -0.489 e. The molecule has 1 aliphatic rings. The lowest BCUT2D eigenvalue weighted by Gasteiger charge is -2.30. The maximum Gasteiger partial charge on any atom is 0.271 e. The Bertz CT molecular complexity index is 1330. The summed E-state index contributed by atoms with van der Waals surface area (Å²) in [4.78, 5) is 15.2. The second-order valence-electron chi connectivity index (χ2n) is 8.10. The fourth-order valence-corrected chi connectivity index (χ4v) is 5.50. The number of aromatic amines is 1. The number of nitrogens with zero attached hydrogens (tertiary/aromatic N) is 2. The summed E-state index contributed by atoms with van der Waals surface area (Å²) in [6.07, 6.45) is 3.20. The molecule has 8 nitrogen and oxygen atoms in total. The highest BCUT2D eigenvalue weighted by Crippen LogP contribution is 2.37. The molecule has 1 fully saturated rings. The molecule has 171 valence electrons. The second kappa shape index (κ2) is 9.25. The van der Waals surface area contributed by atoms with Gasteiger partial charge in [0.2, 0.25) is 10.0 Å². The van der Waals surface area contributed by atoms with Crippen LogP contribution in [0.3, 0.4) is 0 Å². The van der Waals surface area contributed by atoms with Gasteiger partial charge in [0, 0.05) is 30.2 Å². The van der Waals surface area contributed by atoms with E-state index in [9.17, 15) is 18.5 Å². The second-order valence-corrected chi connectivity index (χ2v) is 10.4. The van der Waals surface area contributed by atoms with Crippen LogP contribution in [0.2, 0.25) is 0 Å². The number of hydrogen-bond donors (Lipinski definition) is 1. The predicted octanol–water partition coefficient (Wildman–Crippen LogP) is 3.57. The number of aromatic nitrogens is 1. The number of amides is 1. The lowest BCUT2D eigenvalue weighted by molar-refractivity contribution is 0.0993. The first-order chi connectivity index (χ1) is 15.8. The highest BCUT2D eigenvalue weighted by atomic mass is 32.2. The number of hydrogen-bond acceptors (Lipinski definition) is 5. The number of nitrogens with one attached hydrogen (secondary N) is 2. The van der Waals surface area contributed by atoms with Crippen LogP contribution < -0.4 is 10.5 Å². The van der Waals surface area contributed by atoms with E-state index in [1.165, 1.54) is 4.31 Å². The van der Waals surface area contributed by atoms with Crippen LogP contribution in [0.5, 0.6) is 5.75 Å². The average Bonchev–Trinajstić information content (AvgIpc) is 3.26. The van der Waals surface area contributed by atoms with Crippen LogP contribution in [-0.4, -0.2) is 42.5 Å². The Labute approximate surface area is 193 Å². The van der Waals surface area contributed by atoms with Crippen LogP contribution in [0.25, 0.3) is 10.9 Å². The molecule has 0 bridgehead atoms. The van der Waals surface area contributed by atoms with Crippen molar-refractivity contribution in [2.75, 3.05) is 18.8 Å². The molecular formula is C24H25N4O4S. The molecule has 1 aliphatic heterocycles. The highest BCUT2D eigenvalue weighted by Gasteiger charge is 2.29. The van der Waals surface area contributed by atoms with Crippen LogP contribution in [0.1, 0.15) is 52.7 Å². The van der Waals surface area contributed by atoms with Gasteiger partial charge in [-0.3, -0.25) is 10.5 Å². The van der Waals surface area contributed by atoms with E-state index in [2.05, 4.69) is 11.1 Å². The number of carbonyl (C=O) groups is 1. The summed E-state index contributed by atoms with van der Waals surface area (Å²) >= 11 is 0. The molecule has 2 aromatic carbocycles. The molecule has 3 aromatic rings. The van der Waals surface area contributed by atoms with E-state index in [0.717, 1.165) is 16.5 Å². The van der Waals surface area contributed by atoms with Gasteiger partial charge in [-0.25, -0.2) is 12.7 Å². The van der Waals surface area contributed by atoms with Gasteiger partial charge in [0.1, 0.15) is 12.4 Å². The highest BCUT2D eigenvalue weighted by molar-refractivity contribution is 7.89. The van der Waals surface area contributed by atoms with Crippen LogP contribution >= 0.6 is 0 Å². The number of carbonyl (C=O) groups excluding carboxylic acids is 1. The number of fused-ring (bicyclic) bond motifs is 1. The number of H-pyrrole nitrogens is 1. The molecule has 0 unspecified atom stereocenters. The summed E-state index contributed by atoms with van der Waals surface area (Å²) in [5.41, 5.74) is 10.7. The third kappa shape index (κ3) is 4.58. The molecule has 2 heterocycles. The normalized spacial score (nSPS) is 15.4. The molecule has 1 aromatic heterocycles. The molecule has 1 radical (unpaired) electrons. The van der Waals surface area contributed by atoms with Crippen molar-refractivity contribution in [3.8, 4) is 11.8 Å². The smallest absolute Gasteiger partial charge is 0.271 e. The van der Waals surface area contributed by atoms with Crippen LogP contribution in [-0.2, 0) is 16.6 Å². The third-order valence-electron chi connectivity index (χ3n) is 6.22. The van der Waals surface area contributed by atoms with Gasteiger partial charge in [-0.2, -0.15) is 5.26 Å². The van der Waals surface area contributed by atoms with Gasteiger partial charge in [0.15, 0.2) is 0 Å². The van der Waals surface area contributed by atoms with Gasteiger partial charge in [-0.15, -0.1) is 0 Å². The van der Waals surface area contributed by atoms with E-state index in [1.807, 2.05) is 24.4 Å². The van der Waals surface area contributed by atoms with Crippen molar-refractivity contribution in [2.24, 2.45) is 0 Å². The van der Waals surface area contributed by atoms with Crippen molar-refractivity contribution in [1.82, 2.24) is 15.0 Å². The number of sulfonamides is 1. The van der Waals surface area contributed by atoms with Gasteiger partial charge in [0.05, 0.1) is 28.5 Å². The monoisotopic (exact) mass is 465 g/mol. The Hall–Kier alpha value is -3.35. The SMILES string of the molecule is CCS(=O)(=O)N1CCC(c2c[nH]c3c(C([NH])=O)cc(OCc4ccccc4C#N)cc23)CC1. The van der Waals surface area contributed by atoms with Crippen molar-refractivity contribution in [1.29, 1.82) is 5.26 Å². The zero-order valence-electron chi connectivity index (χ0n) is 18.3. The molecule has 2 N–H and O–H groups in total. The standard InChI is InChI=1S/C24H25N4O4S/c1-2-33(30,31)28-9-7-16(8-10-28)22-14-27-23-20(22)11-19(12-21(23)24(26)29)32-15-18-6-4-3-5-17(18)13-25/h3-6,11-12,14,16,26-27H,2,7-10,15H2,1H3. The molecule has 0 aliphatic carbocycles. The third-order valence-corrected chi connectivity index (χ3v) is 8.11. The molecule has 0 saturated carbocycles. The Morgan fingerprint density at radius 3 is 2.67 bits per heavy atom. The van der Waals surface area contributed by atoms with Crippen LogP contribution in [0.15, 0.2) is 42.6 Å². The van der Waals surface area contributed by atoms with Gasteiger partial charge < -0.3 is 9.72 Å². The quantitative estimate of drug-likeness (QED) is 0.571. The lowest BCUT2D eigenvalue weighted by Crippen LogP contribution is -2.38. The number of benzene rings is 2. The molecular weight excluding hydrogens is 440 g/mol. The van der Waals surface area contributed by atoms with E-state index in [0.29, 0.717) is 42.8 Å². The maximum absolute atomic E-state index is 12.2. The van der Waals surface area contributed by atoms with Gasteiger partial charge >= 0.3 is 0 Å². The Balaban J connectivity index is 1.63. The Kier molecular flexibility index (Phi) is 6.40. The molecule has 0 spiro atoms. The average molecular weight is 466 g/mol. The first kappa shape index (κ1) is 22.8. The summed E-state index contributed by atoms with van der Waals surface area (Å²) in [7, 11) is -3.21. The topological polar surface area (TPSA) is 127 Å². The van der Waals surface area contributed by atoms with E-state index in [1.54, 1.807) is 25.1 Å². The van der Waals surface area contributed by atoms with Crippen molar-refractivity contribution in [2.45, 2.75) is 32.3 Å². The zero-order chi connectivity index (χ0) is 23.6. The predicted molar refractivity (Wildman–Crippen MR) is 124 cm³/mol. The van der Waals surface area contributed by atoms with Crippen molar-refractivity contribution < 1.29 is 17.9 Å². The van der Waals surface area contributed by atoms with Crippen molar-refractivity contribution >= 4 is 26.8 Å². The first-order valence-corrected chi connectivity index (χ1v) is 12.4. The van der Waals surface area contributed by atoms with E-state index >= 15 is 0 Å². The lowest BCUT2D eigenvalue weighted by atomic mass is 9.89. The van der Waals surface area contributed by atoms with Crippen molar-refractivity contribution in [3.63, 3.8) is 0 Å². The van der Waals surface area contributed by atoms with E-state index in [-0.39, 0.29) is 23.8 Å². The minimum absolute atomic E-state index is 0.0926. The maximum atomic E-state index is 12.2. The molecule has 33 heavy (non-hydrogen) atoms. The van der Waals surface area contributed by atoms with Crippen LogP contribution in [0.4, 0.5) is 0 Å². The fourth-order valence-electron chi connectivity index (χ4n) is 4.37. The summed E-state index contributed by atoms with van der Waals surface area (Å²) < 4.78 is 31.8. The van der Waals surface area contributed by atoms with E-state index in [4.69, 9.17) is 10.5 Å². The first-order valence-electron chi connectivity index (χ1n) is 10.8. The number of nitriles is 1. The summed E-state index contributed by atoms with van der Waals surface area (Å²) in [6.45, 7) is 2.72. The zero-order valence-corrected chi connectivity index (χ0v) is 19.1. The van der Waals surface area contributed by atoms with Gasteiger partial charge in [-0.1, -0.05) is 18.2 Å². The summed E-state index contributed by atoms with van der Waals surface area (Å²) in [5, 5.41) is 10.1. The largest absolute Gasteiger partial charge is 0.489 e. The van der Waals surface area contributed by atoms with Gasteiger partial charge in [-0.05, 0) is 49.4 Å². The Morgan fingerprint density at radius 1 is 1.27 bits per heavy atom. The fraction of sp³-hybridized carbons (Fsp3) is 0.333. The number of rotatable bonds is 7. The van der Waals surface area contributed by atoms with Crippen molar-refractivity contribution in [3.05, 3.63) is 64.8 Å². The molecule has 9 heteroatoms. The number of ether oxygens (including phenoxy) is 1. The Morgan fingerprint density at radius 2 is 2.00 bits per heavy atom. The van der Waals surface area contributed by atoms with Crippen LogP contribution in [0, 0.1) is 11.3 Å². The van der Waals surface area contributed by atoms with Gasteiger partial charge in [0.25, 0.3) is 5.91 Å². The minimum atomic E-state index is -3.21. The number of piperidine rings is 1. The summed E-state index contributed by atoms with van der Waals surface area (Å²) in [6, 6.07) is 12.7. The molecule has 0 atom stereocenters. The summed E-state index contributed by atoms with van der Waals surface area (Å²) in [5.74, 6) is -0.154. The molecule has 1 saturated heterocycles. The molecule has 1 amide bonds.